The van der Waals surface area contributed by atoms with Gasteiger partial charge in [-0.05, 0) is 12.1 Å². The summed E-state index contributed by atoms with van der Waals surface area (Å²) in [6.45, 7) is 5.30. The van der Waals surface area contributed by atoms with E-state index in [9.17, 15) is 0 Å². The van der Waals surface area contributed by atoms with Gasteiger partial charge in [0.05, 0.1) is 5.02 Å². The molecule has 0 saturated heterocycles. The summed E-state index contributed by atoms with van der Waals surface area (Å²) in [6, 6.07) is 2.86. The van der Waals surface area contributed by atoms with E-state index >= 15 is 0 Å². The first-order valence-electron chi connectivity index (χ1n) is 2.54. The second kappa shape index (κ2) is 2.69. The van der Waals surface area contributed by atoms with Gasteiger partial charge in [-0.3, -0.25) is 0 Å². The fraction of sp³-hybridized carbons (Fsp3) is 0. The summed E-state index contributed by atoms with van der Waals surface area (Å²) < 4.78 is 0. The standard InChI is InChI=1S/C7H4Cl2O/c1-4-2-5(8)3-6(9)7(4)10/h1-3,10H. The van der Waals surface area contributed by atoms with E-state index in [2.05, 4.69) is 0 Å². The summed E-state index contributed by atoms with van der Waals surface area (Å²) in [5.74, 6) is -0.119. The number of halogens is 2. The van der Waals surface area contributed by atoms with E-state index in [0.29, 0.717) is 5.02 Å². The van der Waals surface area contributed by atoms with Gasteiger partial charge in [-0.2, -0.15) is 0 Å². The average Bonchev–Trinajstić information content (AvgIpc) is 1.82. The number of hydrogen-bond acceptors (Lipinski definition) is 1. The molecule has 0 spiro atoms. The lowest BCUT2D eigenvalue weighted by atomic mass is 10.2. The summed E-state index contributed by atoms with van der Waals surface area (Å²) in [5, 5.41) is 9.60. The Morgan fingerprint density at radius 2 is 1.90 bits per heavy atom. The van der Waals surface area contributed by atoms with Gasteiger partial charge < -0.3 is 5.11 Å². The van der Waals surface area contributed by atoms with E-state index in [1.807, 2.05) is 0 Å². The van der Waals surface area contributed by atoms with Gasteiger partial charge in [-0.25, -0.2) is 0 Å². The molecule has 0 aliphatic carbocycles. The molecule has 1 aromatic carbocycles. The van der Waals surface area contributed by atoms with Crippen LogP contribution in [-0.4, -0.2) is 5.11 Å². The number of aromatic hydroxyl groups is 1. The predicted octanol–water partition coefficient (Wildman–Crippen LogP) is 2.76. The average molecular weight is 175 g/mol. The minimum absolute atomic E-state index is 0.119. The van der Waals surface area contributed by atoms with Gasteiger partial charge in [-0.1, -0.05) is 23.2 Å². The van der Waals surface area contributed by atoms with E-state index in [1.54, 1.807) is 0 Å². The molecule has 52 valence electrons. The summed E-state index contributed by atoms with van der Waals surface area (Å²) in [7, 11) is 0. The molecule has 0 unspecified atom stereocenters. The van der Waals surface area contributed by atoms with Crippen LogP contribution in [0.1, 0.15) is 5.56 Å². The monoisotopic (exact) mass is 174 g/mol. The molecule has 0 aliphatic rings. The van der Waals surface area contributed by atoms with Crippen LogP contribution in [0.25, 0.3) is 0 Å². The summed E-state index contributed by atoms with van der Waals surface area (Å²) in [5.41, 5.74) is 0.192. The second-order valence-corrected chi connectivity index (χ2v) is 2.67. The van der Waals surface area contributed by atoms with Crippen molar-refractivity contribution in [3.8, 4) is 5.75 Å². The molecular formula is C7H4Cl2O. The Morgan fingerprint density at radius 3 is 2.40 bits per heavy atom. The van der Waals surface area contributed by atoms with E-state index < -0.39 is 0 Å². The van der Waals surface area contributed by atoms with Crippen LogP contribution in [0, 0.1) is 6.92 Å². The van der Waals surface area contributed by atoms with Crippen LogP contribution < -0.4 is 0 Å². The van der Waals surface area contributed by atoms with Crippen LogP contribution >= 0.6 is 23.2 Å². The first-order chi connectivity index (χ1) is 4.61. The van der Waals surface area contributed by atoms with Crippen molar-refractivity contribution in [2.75, 3.05) is 0 Å². The van der Waals surface area contributed by atoms with Crippen LogP contribution in [-0.2, 0) is 0 Å². The van der Waals surface area contributed by atoms with Crippen molar-refractivity contribution in [3.63, 3.8) is 0 Å². The molecule has 0 saturated carbocycles. The molecule has 0 heterocycles. The van der Waals surface area contributed by atoms with Crippen LogP contribution in [0.2, 0.25) is 10.0 Å². The smallest absolute Gasteiger partial charge is 0.137 e. The van der Waals surface area contributed by atoms with Crippen molar-refractivity contribution < 1.29 is 5.11 Å². The molecule has 1 aromatic rings. The minimum atomic E-state index is -0.119. The maximum atomic E-state index is 9.02. The third-order valence-corrected chi connectivity index (χ3v) is 1.56. The fourth-order valence-corrected chi connectivity index (χ4v) is 1.10. The molecule has 1 N–H and O–H groups in total. The molecule has 2 radical (unpaired) electrons. The van der Waals surface area contributed by atoms with Crippen LogP contribution in [0.3, 0.4) is 0 Å². The molecule has 1 rings (SSSR count). The lowest BCUT2D eigenvalue weighted by Crippen LogP contribution is -1.75. The molecule has 0 bridgehead atoms. The molecule has 3 heteroatoms. The first kappa shape index (κ1) is 7.70. The topological polar surface area (TPSA) is 20.2 Å². The number of phenols is 1. The Balaban J connectivity index is 3.31. The highest BCUT2D eigenvalue weighted by atomic mass is 35.5. The Bertz CT molecular complexity index is 235. The van der Waals surface area contributed by atoms with Crippen molar-refractivity contribution in [2.24, 2.45) is 0 Å². The van der Waals surface area contributed by atoms with Crippen LogP contribution in [0.15, 0.2) is 12.1 Å². The van der Waals surface area contributed by atoms with Crippen molar-refractivity contribution >= 4 is 23.2 Å². The molecule has 0 aliphatic heterocycles. The molecule has 0 atom stereocenters. The molecule has 0 amide bonds. The highest BCUT2D eigenvalue weighted by Crippen LogP contribution is 2.29. The van der Waals surface area contributed by atoms with Gasteiger partial charge in [0.15, 0.2) is 0 Å². The first-order valence-corrected chi connectivity index (χ1v) is 3.30. The van der Waals surface area contributed by atoms with E-state index in [4.69, 9.17) is 35.2 Å². The van der Waals surface area contributed by atoms with Crippen molar-refractivity contribution in [1.29, 1.82) is 0 Å². The second-order valence-electron chi connectivity index (χ2n) is 1.83. The summed E-state index contributed by atoms with van der Waals surface area (Å²) in [6.07, 6.45) is 0. The quantitative estimate of drug-likeness (QED) is 0.642. The van der Waals surface area contributed by atoms with Crippen molar-refractivity contribution in [2.45, 2.75) is 0 Å². The SMILES string of the molecule is [CH]c1cc(Cl)cc(Cl)c1O. The van der Waals surface area contributed by atoms with Gasteiger partial charge in [0.2, 0.25) is 0 Å². The number of rotatable bonds is 0. The molecule has 1 nitrogen and oxygen atoms in total. The maximum absolute atomic E-state index is 9.02. The number of phenolic OH excluding ortho intramolecular Hbond substituents is 1. The lowest BCUT2D eigenvalue weighted by Gasteiger charge is -1.99. The summed E-state index contributed by atoms with van der Waals surface area (Å²) in [4.78, 5) is 0. The maximum Gasteiger partial charge on any atom is 0.137 e. The van der Waals surface area contributed by atoms with Gasteiger partial charge >= 0.3 is 0 Å². The van der Waals surface area contributed by atoms with Gasteiger partial charge in [0.1, 0.15) is 5.75 Å². The minimum Gasteiger partial charge on any atom is -0.506 e. The Hall–Kier alpha value is -0.400. The molecule has 10 heavy (non-hydrogen) atoms. The Labute approximate surface area is 69.2 Å². The van der Waals surface area contributed by atoms with Crippen LogP contribution in [0.4, 0.5) is 0 Å². The van der Waals surface area contributed by atoms with E-state index in [1.165, 1.54) is 12.1 Å². The molecular weight excluding hydrogens is 171 g/mol. The summed E-state index contributed by atoms with van der Waals surface area (Å²) >= 11 is 11.1. The van der Waals surface area contributed by atoms with E-state index in [-0.39, 0.29) is 16.3 Å². The molecule has 0 aromatic heterocycles. The normalized spacial score (nSPS) is 9.90. The predicted molar refractivity (Wildman–Crippen MR) is 41.5 cm³/mol. The van der Waals surface area contributed by atoms with Crippen molar-refractivity contribution in [3.05, 3.63) is 34.7 Å². The van der Waals surface area contributed by atoms with Gasteiger partial charge in [-0.15, -0.1) is 0 Å². The zero-order valence-corrected chi connectivity index (χ0v) is 6.45. The fourth-order valence-electron chi connectivity index (χ4n) is 0.586. The Kier molecular flexibility index (Phi) is 2.07. The third-order valence-electron chi connectivity index (χ3n) is 1.06. The third kappa shape index (κ3) is 1.36. The highest BCUT2D eigenvalue weighted by molar-refractivity contribution is 6.35. The number of hydrogen-bond donors (Lipinski definition) is 1. The largest absolute Gasteiger partial charge is 0.506 e. The highest BCUT2D eigenvalue weighted by Gasteiger charge is 2.02. The van der Waals surface area contributed by atoms with Crippen molar-refractivity contribution in [1.82, 2.24) is 0 Å². The van der Waals surface area contributed by atoms with E-state index in [0.717, 1.165) is 0 Å². The van der Waals surface area contributed by atoms with Gasteiger partial charge in [0.25, 0.3) is 0 Å². The Morgan fingerprint density at radius 1 is 1.30 bits per heavy atom. The van der Waals surface area contributed by atoms with Crippen LogP contribution in [0.5, 0.6) is 5.75 Å². The zero-order chi connectivity index (χ0) is 7.72. The lowest BCUT2D eigenvalue weighted by molar-refractivity contribution is 0.473. The molecule has 0 fully saturated rings. The zero-order valence-electron chi connectivity index (χ0n) is 4.94. The van der Waals surface area contributed by atoms with Gasteiger partial charge in [0, 0.05) is 17.5 Å². The number of benzene rings is 1.